The highest BCUT2D eigenvalue weighted by molar-refractivity contribution is 6.46. The zero-order valence-electron chi connectivity index (χ0n) is 36.7. The number of hydrogen-bond acceptors (Lipinski definition) is 0. The van der Waals surface area contributed by atoms with Crippen LogP contribution in [-0.4, -0.2) is 21.9 Å². The zero-order chi connectivity index (χ0) is 44.7. The van der Waals surface area contributed by atoms with Crippen molar-refractivity contribution < 1.29 is 8.80 Å². The molecule has 0 atom stereocenters. The lowest BCUT2D eigenvalue weighted by Crippen LogP contribution is -2.41. The van der Waals surface area contributed by atoms with Crippen molar-refractivity contribution in [2.24, 2.45) is 0 Å². The fourth-order valence-corrected chi connectivity index (χ4v) is 10.3. The second-order valence-electron chi connectivity index (χ2n) is 17.0. The zero-order valence-corrected chi connectivity index (χ0v) is 36.7. The van der Waals surface area contributed by atoms with Crippen LogP contribution in [0.5, 0.6) is 0 Å². The number of halogens is 1. The van der Waals surface area contributed by atoms with Gasteiger partial charge in [0.15, 0.2) is 5.71 Å². The highest BCUT2D eigenvalue weighted by Gasteiger charge is 2.55. The first-order valence-corrected chi connectivity index (χ1v) is 22.9. The number of rotatable bonds is 9. The van der Waals surface area contributed by atoms with E-state index in [-0.39, 0.29) is 0 Å². The molecule has 9 aromatic carbocycles. The van der Waals surface area contributed by atoms with Crippen molar-refractivity contribution in [3.05, 3.63) is 289 Å². The summed E-state index contributed by atoms with van der Waals surface area (Å²) in [6.07, 6.45) is 2.25. The number of benzene rings is 9. The molecule has 2 aliphatic heterocycles. The van der Waals surface area contributed by atoms with Gasteiger partial charge in [0, 0.05) is 22.9 Å². The Hall–Kier alpha value is -8.60. The average molecular weight is 858 g/mol. The molecular formula is C63H43BFN2+. The van der Waals surface area contributed by atoms with Gasteiger partial charge in [-0.1, -0.05) is 243 Å². The Morgan fingerprint density at radius 3 is 1.15 bits per heavy atom. The third kappa shape index (κ3) is 6.93. The molecule has 0 amide bonds. The molecule has 12 rings (SSSR count). The maximum atomic E-state index is 19.6. The Bertz CT molecular complexity index is 3560. The highest BCUT2D eigenvalue weighted by atomic mass is 19.1. The molecule has 2 nitrogen and oxygen atoms in total. The van der Waals surface area contributed by atoms with E-state index in [2.05, 4.69) is 249 Å². The molecule has 0 aliphatic carbocycles. The second-order valence-corrected chi connectivity index (χ2v) is 17.0. The van der Waals surface area contributed by atoms with Gasteiger partial charge in [-0.25, -0.2) is 8.80 Å². The van der Waals surface area contributed by atoms with Crippen molar-refractivity contribution in [1.29, 1.82) is 0 Å². The highest BCUT2D eigenvalue weighted by Crippen LogP contribution is 2.51. The number of fused-ring (bicyclic) bond motifs is 2. The van der Waals surface area contributed by atoms with E-state index in [4.69, 9.17) is 0 Å². The summed E-state index contributed by atoms with van der Waals surface area (Å²) in [5.41, 5.74) is 19.6. The van der Waals surface area contributed by atoms with E-state index < -0.39 is 7.26 Å². The van der Waals surface area contributed by atoms with Gasteiger partial charge in [-0.3, -0.25) is 4.48 Å². The van der Waals surface area contributed by atoms with Crippen LogP contribution in [0.3, 0.4) is 0 Å². The topological polar surface area (TPSA) is 7.94 Å². The van der Waals surface area contributed by atoms with Crippen LogP contribution in [0.25, 0.3) is 78.0 Å². The van der Waals surface area contributed by atoms with Crippen LogP contribution in [0.2, 0.25) is 0 Å². The molecule has 3 heterocycles. The summed E-state index contributed by atoms with van der Waals surface area (Å²) in [4.78, 5) is 0. The molecule has 0 fully saturated rings. The number of nitrogens with zero attached hydrogens (tertiary/aromatic N) is 2. The van der Waals surface area contributed by atoms with Crippen molar-refractivity contribution in [1.82, 2.24) is 4.48 Å². The van der Waals surface area contributed by atoms with E-state index >= 15 is 4.32 Å². The molecule has 1 aromatic heterocycles. The molecule has 4 heteroatoms. The average Bonchev–Trinajstić information content (AvgIpc) is 4.01. The van der Waals surface area contributed by atoms with Gasteiger partial charge in [0.25, 0.3) is 0 Å². The lowest BCUT2D eigenvalue weighted by molar-refractivity contribution is -0.332. The van der Waals surface area contributed by atoms with Gasteiger partial charge in [0.1, 0.15) is 0 Å². The van der Waals surface area contributed by atoms with E-state index in [9.17, 15) is 0 Å². The molecule has 0 spiro atoms. The Morgan fingerprint density at radius 1 is 0.328 bits per heavy atom. The third-order valence-electron chi connectivity index (χ3n) is 13.2. The fraction of sp³-hybridized carbons (Fsp3) is 0. The van der Waals surface area contributed by atoms with Crippen LogP contribution >= 0.6 is 0 Å². The van der Waals surface area contributed by atoms with E-state index in [1.165, 1.54) is 0 Å². The van der Waals surface area contributed by atoms with Gasteiger partial charge in [0.2, 0.25) is 5.70 Å². The maximum Gasteiger partial charge on any atom is 0.847 e. The molecule has 314 valence electrons. The van der Waals surface area contributed by atoms with Gasteiger partial charge in [-0.05, 0) is 73.3 Å². The minimum atomic E-state index is -1.66. The molecule has 0 radical (unpaired) electrons. The van der Waals surface area contributed by atoms with Crippen LogP contribution in [-0.2, 0) is 0 Å². The largest absolute Gasteiger partial charge is 0.847 e. The Labute approximate surface area is 391 Å². The van der Waals surface area contributed by atoms with Crippen LogP contribution in [0, 0.1) is 0 Å². The van der Waals surface area contributed by atoms with E-state index in [1.54, 1.807) is 0 Å². The molecule has 0 saturated carbocycles. The Kier molecular flexibility index (Phi) is 10.2. The van der Waals surface area contributed by atoms with Crippen LogP contribution in [0.1, 0.15) is 22.4 Å². The predicted octanol–water partition coefficient (Wildman–Crippen LogP) is 15.7. The van der Waals surface area contributed by atoms with Gasteiger partial charge < -0.3 is 0 Å². The lowest BCUT2D eigenvalue weighted by atomic mass is 9.82. The number of hydrogen-bond donors (Lipinski definition) is 0. The van der Waals surface area contributed by atoms with Crippen LogP contribution in [0.4, 0.5) is 4.32 Å². The first-order chi connectivity index (χ1) is 33.2. The SMILES string of the molecule is FB1n2c(-c3ccccc3-c3ccccc3)cc(-c3ccccc3-c3ccccc3)c2C(c2ccccc2)=C2C(c3ccccc3-c3ccccc3)=CC(c3ccccc3-c3ccccc3)=[N+]12. The third-order valence-corrected chi connectivity index (χ3v) is 13.2. The molecule has 0 unspecified atom stereocenters. The molecule has 10 aromatic rings. The first-order valence-electron chi connectivity index (χ1n) is 22.9. The molecule has 0 bridgehead atoms. The van der Waals surface area contributed by atoms with E-state index in [0.29, 0.717) is 0 Å². The molecule has 67 heavy (non-hydrogen) atoms. The first kappa shape index (κ1) is 40.0. The predicted molar refractivity (Wildman–Crippen MR) is 277 cm³/mol. The standard InChI is InChI=1S/C63H43BFN2/c65-64-66-59(55-40-22-18-36-51(55)46-28-10-3-11-29-46)42-57(53-38-20-16-34-49(53)44-24-6-1-7-25-44)62(66)61(48-32-14-5-15-33-48)63-58(54-39-21-17-35-50(54)45-26-8-2-9-27-45)43-60(67(63)64)56-41-23-19-37-52(56)47-30-12-4-13-31-47/h1-43H/q+1. The van der Waals surface area contributed by atoms with Crippen molar-refractivity contribution >= 4 is 24.1 Å². The molecule has 0 saturated heterocycles. The quantitative estimate of drug-likeness (QED) is 0.128. The summed E-state index contributed by atoms with van der Waals surface area (Å²) >= 11 is 0. The van der Waals surface area contributed by atoms with Gasteiger partial charge in [-0.15, -0.1) is 0 Å². The summed E-state index contributed by atoms with van der Waals surface area (Å²) in [7, 11) is -1.66. The summed E-state index contributed by atoms with van der Waals surface area (Å²) in [5.74, 6) is 0. The fourth-order valence-electron chi connectivity index (χ4n) is 10.3. The maximum absolute atomic E-state index is 19.6. The summed E-state index contributed by atoms with van der Waals surface area (Å²) in [6, 6.07) is 88.9. The molecular weight excluding hydrogens is 815 g/mol. The number of allylic oxidation sites excluding steroid dienone is 2. The van der Waals surface area contributed by atoms with E-state index in [0.717, 1.165) is 112 Å². The second kappa shape index (κ2) is 17.1. The molecule has 2 aliphatic rings. The Balaban J connectivity index is 1.25. The molecule has 0 N–H and O–H groups in total. The van der Waals surface area contributed by atoms with Gasteiger partial charge in [0.05, 0.1) is 22.4 Å². The number of aromatic nitrogens is 1. The van der Waals surface area contributed by atoms with Crippen molar-refractivity contribution in [3.63, 3.8) is 0 Å². The van der Waals surface area contributed by atoms with Crippen LogP contribution < -0.4 is 0 Å². The smallest absolute Gasteiger partial charge is 0.285 e. The lowest BCUT2D eigenvalue weighted by Gasteiger charge is -2.25. The van der Waals surface area contributed by atoms with Crippen molar-refractivity contribution in [2.75, 3.05) is 0 Å². The Morgan fingerprint density at radius 2 is 0.672 bits per heavy atom. The van der Waals surface area contributed by atoms with Crippen LogP contribution in [0.15, 0.2) is 267 Å². The summed E-state index contributed by atoms with van der Waals surface area (Å²) < 4.78 is 23.6. The van der Waals surface area contributed by atoms with Crippen molar-refractivity contribution in [2.45, 2.75) is 0 Å². The normalized spacial score (nSPS) is 13.1. The monoisotopic (exact) mass is 857 g/mol. The summed E-state index contributed by atoms with van der Waals surface area (Å²) in [5, 5.41) is 0. The summed E-state index contributed by atoms with van der Waals surface area (Å²) in [6.45, 7) is 0. The van der Waals surface area contributed by atoms with Crippen molar-refractivity contribution in [3.8, 4) is 66.9 Å². The minimum absolute atomic E-state index is 0.793. The van der Waals surface area contributed by atoms with Gasteiger partial charge >= 0.3 is 7.26 Å². The van der Waals surface area contributed by atoms with Gasteiger partial charge in [-0.2, -0.15) is 0 Å². The van der Waals surface area contributed by atoms with E-state index in [1.807, 2.05) is 21.1 Å². The minimum Gasteiger partial charge on any atom is -0.285 e.